The topological polar surface area (TPSA) is 69.4 Å². The molecule has 0 aliphatic heterocycles. The molecule has 2 N–H and O–H groups in total. The Balaban J connectivity index is 2.27. The molecule has 0 aliphatic carbocycles. The SMILES string of the molecule is Cc1ccc(S(=O)(=O)Oc2ccc(N)cc2)cc1. The van der Waals surface area contributed by atoms with Crippen molar-refractivity contribution in [1.82, 2.24) is 0 Å². The van der Waals surface area contributed by atoms with Crippen LogP contribution in [-0.2, 0) is 10.1 Å². The minimum Gasteiger partial charge on any atom is -0.399 e. The fourth-order valence-electron chi connectivity index (χ4n) is 1.40. The predicted molar refractivity (Wildman–Crippen MR) is 69.8 cm³/mol. The van der Waals surface area contributed by atoms with Gasteiger partial charge in [-0.05, 0) is 43.3 Å². The van der Waals surface area contributed by atoms with Crippen LogP contribution in [0.25, 0.3) is 0 Å². The molecule has 18 heavy (non-hydrogen) atoms. The molecule has 0 spiro atoms. The van der Waals surface area contributed by atoms with Crippen LogP contribution in [0.3, 0.4) is 0 Å². The molecule has 2 aromatic carbocycles. The number of aryl methyl sites for hydroxylation is 1. The summed E-state index contributed by atoms with van der Waals surface area (Å²) in [5.74, 6) is 0.241. The van der Waals surface area contributed by atoms with Crippen LogP contribution >= 0.6 is 0 Å². The zero-order valence-electron chi connectivity index (χ0n) is 9.83. The number of nitrogens with two attached hydrogens (primary N) is 1. The van der Waals surface area contributed by atoms with E-state index in [1.807, 2.05) is 6.92 Å². The van der Waals surface area contributed by atoms with E-state index < -0.39 is 10.1 Å². The molecule has 4 nitrogen and oxygen atoms in total. The van der Waals surface area contributed by atoms with E-state index in [9.17, 15) is 8.42 Å². The third-order valence-corrected chi connectivity index (χ3v) is 3.66. The third-order valence-electron chi connectivity index (χ3n) is 2.40. The van der Waals surface area contributed by atoms with Crippen LogP contribution in [0.2, 0.25) is 0 Å². The summed E-state index contributed by atoms with van der Waals surface area (Å²) in [6, 6.07) is 12.7. The molecular weight excluding hydrogens is 250 g/mol. The van der Waals surface area contributed by atoms with Gasteiger partial charge in [0.15, 0.2) is 0 Å². The van der Waals surface area contributed by atoms with Gasteiger partial charge in [-0.3, -0.25) is 0 Å². The fraction of sp³-hybridized carbons (Fsp3) is 0.0769. The van der Waals surface area contributed by atoms with Gasteiger partial charge in [-0.25, -0.2) is 0 Å². The number of nitrogen functional groups attached to an aromatic ring is 1. The van der Waals surface area contributed by atoms with E-state index in [1.165, 1.54) is 24.3 Å². The highest BCUT2D eigenvalue weighted by atomic mass is 32.2. The molecule has 0 saturated carbocycles. The maximum atomic E-state index is 11.9. The highest BCUT2D eigenvalue weighted by molar-refractivity contribution is 7.87. The van der Waals surface area contributed by atoms with Crippen molar-refractivity contribution in [2.45, 2.75) is 11.8 Å². The number of anilines is 1. The van der Waals surface area contributed by atoms with Crippen molar-refractivity contribution in [2.24, 2.45) is 0 Å². The molecule has 0 saturated heterocycles. The molecular formula is C13H13NO3S. The standard InChI is InChI=1S/C13H13NO3S/c1-10-2-8-13(9-3-10)18(15,16)17-12-6-4-11(14)5-7-12/h2-9H,14H2,1H3. The van der Waals surface area contributed by atoms with Gasteiger partial charge in [-0.2, -0.15) is 8.42 Å². The van der Waals surface area contributed by atoms with Crippen molar-refractivity contribution in [3.05, 3.63) is 54.1 Å². The van der Waals surface area contributed by atoms with Crippen molar-refractivity contribution in [3.8, 4) is 5.75 Å². The zero-order valence-corrected chi connectivity index (χ0v) is 10.6. The van der Waals surface area contributed by atoms with Gasteiger partial charge in [0.1, 0.15) is 10.6 Å². The van der Waals surface area contributed by atoms with E-state index in [4.69, 9.17) is 9.92 Å². The molecule has 0 unspecified atom stereocenters. The van der Waals surface area contributed by atoms with Gasteiger partial charge in [0.2, 0.25) is 0 Å². The minimum absolute atomic E-state index is 0.130. The van der Waals surface area contributed by atoms with Crippen LogP contribution < -0.4 is 9.92 Å². The van der Waals surface area contributed by atoms with Crippen molar-refractivity contribution in [1.29, 1.82) is 0 Å². The summed E-state index contributed by atoms with van der Waals surface area (Å²) in [5.41, 5.74) is 7.05. The van der Waals surface area contributed by atoms with Crippen LogP contribution in [-0.4, -0.2) is 8.42 Å². The molecule has 5 heteroatoms. The maximum Gasteiger partial charge on any atom is 0.339 e. The second-order valence-electron chi connectivity index (χ2n) is 3.92. The quantitative estimate of drug-likeness (QED) is 0.681. The number of hydrogen-bond acceptors (Lipinski definition) is 4. The Morgan fingerprint density at radius 3 is 2.06 bits per heavy atom. The van der Waals surface area contributed by atoms with E-state index in [-0.39, 0.29) is 10.6 Å². The minimum atomic E-state index is -3.78. The summed E-state index contributed by atoms with van der Waals surface area (Å²) in [4.78, 5) is 0.130. The highest BCUT2D eigenvalue weighted by Gasteiger charge is 2.15. The molecule has 0 fully saturated rings. The van der Waals surface area contributed by atoms with Gasteiger partial charge in [0.05, 0.1) is 0 Å². The maximum absolute atomic E-state index is 11.9. The summed E-state index contributed by atoms with van der Waals surface area (Å²) >= 11 is 0. The lowest BCUT2D eigenvalue weighted by Gasteiger charge is -2.07. The monoisotopic (exact) mass is 263 g/mol. The third kappa shape index (κ3) is 2.81. The fourth-order valence-corrected chi connectivity index (χ4v) is 2.33. The lowest BCUT2D eigenvalue weighted by molar-refractivity contribution is 0.486. The van der Waals surface area contributed by atoms with Gasteiger partial charge in [0, 0.05) is 5.69 Å². The van der Waals surface area contributed by atoms with Gasteiger partial charge < -0.3 is 9.92 Å². The predicted octanol–water partition coefficient (Wildman–Crippen LogP) is 2.34. The van der Waals surface area contributed by atoms with Crippen molar-refractivity contribution in [3.63, 3.8) is 0 Å². The van der Waals surface area contributed by atoms with E-state index in [2.05, 4.69) is 0 Å². The smallest absolute Gasteiger partial charge is 0.339 e. The summed E-state index contributed by atoms with van der Waals surface area (Å²) < 4.78 is 28.9. The first-order valence-electron chi connectivity index (χ1n) is 5.34. The summed E-state index contributed by atoms with van der Waals surface area (Å²) in [6.45, 7) is 1.89. The molecule has 94 valence electrons. The second kappa shape index (κ2) is 4.70. The molecule has 2 aromatic rings. The first kappa shape index (κ1) is 12.4. The van der Waals surface area contributed by atoms with Gasteiger partial charge in [-0.15, -0.1) is 0 Å². The first-order valence-corrected chi connectivity index (χ1v) is 6.75. The lowest BCUT2D eigenvalue weighted by Crippen LogP contribution is -2.09. The van der Waals surface area contributed by atoms with Crippen molar-refractivity contribution in [2.75, 3.05) is 5.73 Å². The van der Waals surface area contributed by atoms with E-state index in [0.29, 0.717) is 5.69 Å². The summed E-state index contributed by atoms with van der Waals surface area (Å²) in [7, 11) is -3.78. The molecule has 0 bridgehead atoms. The van der Waals surface area contributed by atoms with Crippen LogP contribution in [0.1, 0.15) is 5.56 Å². The van der Waals surface area contributed by atoms with Crippen molar-refractivity contribution < 1.29 is 12.6 Å². The first-order chi connectivity index (χ1) is 8.47. The normalized spacial score (nSPS) is 11.2. The van der Waals surface area contributed by atoms with Crippen LogP contribution in [0, 0.1) is 6.92 Å². The summed E-state index contributed by atoms with van der Waals surface area (Å²) in [5, 5.41) is 0. The Bertz CT molecular complexity index is 631. The van der Waals surface area contributed by atoms with Gasteiger partial charge in [-0.1, -0.05) is 17.7 Å². The van der Waals surface area contributed by atoms with Crippen molar-refractivity contribution >= 4 is 15.8 Å². The zero-order chi connectivity index (χ0) is 13.2. The summed E-state index contributed by atoms with van der Waals surface area (Å²) in [6.07, 6.45) is 0. The highest BCUT2D eigenvalue weighted by Crippen LogP contribution is 2.19. The Labute approximate surface area is 106 Å². The molecule has 0 atom stereocenters. The van der Waals surface area contributed by atoms with Crippen LogP contribution in [0.5, 0.6) is 5.75 Å². The number of rotatable bonds is 3. The number of hydrogen-bond donors (Lipinski definition) is 1. The van der Waals surface area contributed by atoms with Gasteiger partial charge in [0.25, 0.3) is 0 Å². The van der Waals surface area contributed by atoms with Crippen LogP contribution in [0.15, 0.2) is 53.4 Å². The van der Waals surface area contributed by atoms with E-state index >= 15 is 0 Å². The molecule has 0 aliphatic rings. The van der Waals surface area contributed by atoms with E-state index in [0.717, 1.165) is 5.56 Å². The van der Waals surface area contributed by atoms with E-state index in [1.54, 1.807) is 24.3 Å². The average Bonchev–Trinajstić information content (AvgIpc) is 2.32. The number of benzene rings is 2. The molecule has 0 aromatic heterocycles. The Morgan fingerprint density at radius 1 is 0.944 bits per heavy atom. The van der Waals surface area contributed by atoms with Crippen LogP contribution in [0.4, 0.5) is 5.69 Å². The largest absolute Gasteiger partial charge is 0.399 e. The average molecular weight is 263 g/mol. The Hall–Kier alpha value is -2.01. The second-order valence-corrected chi connectivity index (χ2v) is 5.47. The van der Waals surface area contributed by atoms with Gasteiger partial charge >= 0.3 is 10.1 Å². The molecule has 0 amide bonds. The molecule has 0 heterocycles. The Morgan fingerprint density at radius 2 is 1.50 bits per heavy atom. The molecule has 2 rings (SSSR count). The lowest BCUT2D eigenvalue weighted by atomic mass is 10.2. The molecule has 0 radical (unpaired) electrons. The Kier molecular flexibility index (Phi) is 3.25.